The highest BCUT2D eigenvalue weighted by Crippen LogP contribution is 2.31. The van der Waals surface area contributed by atoms with Gasteiger partial charge in [-0.25, -0.2) is 0 Å². The number of H-pyrrole nitrogens is 1. The number of hydrogen-bond acceptors (Lipinski definition) is 3. The molecule has 1 aromatic carbocycles. The lowest BCUT2D eigenvalue weighted by Gasteiger charge is -2.22. The van der Waals surface area contributed by atoms with Gasteiger partial charge in [0.25, 0.3) is 0 Å². The molecule has 0 aliphatic heterocycles. The largest absolute Gasteiger partial charge is 0.383 e. The fraction of sp³-hybridized carbons (Fsp3) is 0.467. The van der Waals surface area contributed by atoms with Crippen molar-refractivity contribution >= 4 is 12.2 Å². The van der Waals surface area contributed by atoms with E-state index < -0.39 is 0 Å². The van der Waals surface area contributed by atoms with Crippen molar-refractivity contribution < 1.29 is 4.74 Å². The summed E-state index contributed by atoms with van der Waals surface area (Å²) >= 11 is 5.31. The van der Waals surface area contributed by atoms with E-state index >= 15 is 0 Å². The number of aromatic amines is 1. The standard InChI is InChI=1S/C15H21N3OS/c1-15(2,3)12-8-6-5-7-11(12)13-16-17-14(20)18(13)9-10-19-4/h5-8H,9-10H2,1-4H3,(H,17,20). The van der Waals surface area contributed by atoms with Crippen molar-refractivity contribution in [1.29, 1.82) is 0 Å². The van der Waals surface area contributed by atoms with E-state index in [-0.39, 0.29) is 5.41 Å². The topological polar surface area (TPSA) is 42.8 Å². The van der Waals surface area contributed by atoms with E-state index in [0.29, 0.717) is 17.9 Å². The Balaban J connectivity index is 2.55. The Hall–Kier alpha value is -1.46. The molecule has 4 nitrogen and oxygen atoms in total. The van der Waals surface area contributed by atoms with Gasteiger partial charge in [-0.3, -0.25) is 9.67 Å². The Morgan fingerprint density at radius 1 is 1.30 bits per heavy atom. The van der Waals surface area contributed by atoms with Gasteiger partial charge in [0, 0.05) is 12.7 Å². The molecule has 2 rings (SSSR count). The van der Waals surface area contributed by atoms with Crippen LogP contribution in [0.15, 0.2) is 24.3 Å². The SMILES string of the molecule is COCCn1c(-c2ccccc2C(C)(C)C)n[nH]c1=S. The molecule has 0 aliphatic carbocycles. The molecule has 20 heavy (non-hydrogen) atoms. The fourth-order valence-electron chi connectivity index (χ4n) is 2.25. The summed E-state index contributed by atoms with van der Waals surface area (Å²) < 4.78 is 7.76. The molecular weight excluding hydrogens is 270 g/mol. The molecule has 108 valence electrons. The van der Waals surface area contributed by atoms with Crippen molar-refractivity contribution in [2.75, 3.05) is 13.7 Å². The Morgan fingerprint density at radius 2 is 2.00 bits per heavy atom. The highest BCUT2D eigenvalue weighted by Gasteiger charge is 2.21. The van der Waals surface area contributed by atoms with Gasteiger partial charge in [0.1, 0.15) is 0 Å². The molecule has 0 spiro atoms. The number of benzene rings is 1. The van der Waals surface area contributed by atoms with Crippen molar-refractivity contribution in [3.05, 3.63) is 34.6 Å². The first-order chi connectivity index (χ1) is 9.45. The van der Waals surface area contributed by atoms with E-state index in [4.69, 9.17) is 17.0 Å². The predicted molar refractivity (Wildman–Crippen MR) is 83.4 cm³/mol. The Morgan fingerprint density at radius 3 is 2.65 bits per heavy atom. The van der Waals surface area contributed by atoms with Gasteiger partial charge >= 0.3 is 0 Å². The molecule has 1 N–H and O–H groups in total. The highest BCUT2D eigenvalue weighted by molar-refractivity contribution is 7.71. The molecule has 0 atom stereocenters. The number of rotatable bonds is 4. The van der Waals surface area contributed by atoms with Gasteiger partial charge in [0.15, 0.2) is 10.6 Å². The van der Waals surface area contributed by atoms with E-state index in [0.717, 1.165) is 11.4 Å². The van der Waals surface area contributed by atoms with E-state index in [9.17, 15) is 0 Å². The minimum Gasteiger partial charge on any atom is -0.383 e. The zero-order valence-corrected chi connectivity index (χ0v) is 13.3. The molecule has 0 radical (unpaired) electrons. The van der Waals surface area contributed by atoms with Crippen LogP contribution >= 0.6 is 12.2 Å². The summed E-state index contributed by atoms with van der Waals surface area (Å²) in [5.41, 5.74) is 2.42. The number of ether oxygens (including phenoxy) is 1. The van der Waals surface area contributed by atoms with Crippen LogP contribution in [0.2, 0.25) is 0 Å². The number of nitrogens with one attached hydrogen (secondary N) is 1. The third kappa shape index (κ3) is 2.99. The average Bonchev–Trinajstić information content (AvgIpc) is 2.76. The number of aromatic nitrogens is 3. The molecule has 1 heterocycles. The summed E-state index contributed by atoms with van der Waals surface area (Å²) in [4.78, 5) is 0. The van der Waals surface area contributed by atoms with Gasteiger partial charge in [-0.1, -0.05) is 45.0 Å². The molecule has 0 bridgehead atoms. The molecule has 2 aromatic rings. The summed E-state index contributed by atoms with van der Waals surface area (Å²) in [7, 11) is 1.69. The monoisotopic (exact) mass is 291 g/mol. The zero-order valence-electron chi connectivity index (χ0n) is 12.4. The summed E-state index contributed by atoms with van der Waals surface area (Å²) in [6, 6.07) is 8.33. The first-order valence-electron chi connectivity index (χ1n) is 6.69. The van der Waals surface area contributed by atoms with Crippen molar-refractivity contribution in [2.45, 2.75) is 32.7 Å². The molecule has 0 aliphatic rings. The molecular formula is C15H21N3OS. The molecule has 0 unspecified atom stereocenters. The summed E-state index contributed by atoms with van der Waals surface area (Å²) in [5, 5.41) is 7.29. The average molecular weight is 291 g/mol. The van der Waals surface area contributed by atoms with Crippen LogP contribution in [-0.2, 0) is 16.7 Å². The second-order valence-corrected chi connectivity index (χ2v) is 6.18. The number of methoxy groups -OCH3 is 1. The van der Waals surface area contributed by atoms with Crippen molar-refractivity contribution in [3.63, 3.8) is 0 Å². The van der Waals surface area contributed by atoms with Crippen LogP contribution in [0.4, 0.5) is 0 Å². The fourth-order valence-corrected chi connectivity index (χ4v) is 2.47. The summed E-state index contributed by atoms with van der Waals surface area (Å²) in [6.07, 6.45) is 0. The van der Waals surface area contributed by atoms with Gasteiger partial charge in [-0.2, -0.15) is 5.10 Å². The second kappa shape index (κ2) is 5.89. The minimum atomic E-state index is 0.0518. The molecule has 0 fully saturated rings. The van der Waals surface area contributed by atoms with Crippen LogP contribution in [0.3, 0.4) is 0 Å². The van der Waals surface area contributed by atoms with Crippen LogP contribution in [0.25, 0.3) is 11.4 Å². The maximum atomic E-state index is 5.31. The molecule has 0 amide bonds. The van der Waals surface area contributed by atoms with Crippen LogP contribution in [0.5, 0.6) is 0 Å². The van der Waals surface area contributed by atoms with Gasteiger partial charge in [-0.15, -0.1) is 0 Å². The molecule has 5 heteroatoms. The van der Waals surface area contributed by atoms with Gasteiger partial charge in [0.2, 0.25) is 0 Å². The van der Waals surface area contributed by atoms with Gasteiger partial charge in [-0.05, 0) is 23.2 Å². The van der Waals surface area contributed by atoms with Crippen LogP contribution in [0.1, 0.15) is 26.3 Å². The van der Waals surface area contributed by atoms with E-state index in [1.54, 1.807) is 7.11 Å². The first-order valence-corrected chi connectivity index (χ1v) is 7.10. The maximum absolute atomic E-state index is 5.31. The quantitative estimate of drug-likeness (QED) is 0.876. The van der Waals surface area contributed by atoms with Crippen LogP contribution in [0, 0.1) is 4.77 Å². The summed E-state index contributed by atoms with van der Waals surface area (Å²) in [5.74, 6) is 0.873. The van der Waals surface area contributed by atoms with E-state index in [2.05, 4.69) is 49.2 Å². The van der Waals surface area contributed by atoms with Crippen LogP contribution in [-0.4, -0.2) is 28.5 Å². The number of hydrogen-bond donors (Lipinski definition) is 1. The van der Waals surface area contributed by atoms with E-state index in [1.165, 1.54) is 5.56 Å². The summed E-state index contributed by atoms with van der Waals surface area (Å²) in [6.45, 7) is 7.91. The van der Waals surface area contributed by atoms with Crippen LogP contribution < -0.4 is 0 Å². The Bertz CT molecular complexity index is 637. The van der Waals surface area contributed by atoms with Crippen molar-refractivity contribution in [1.82, 2.24) is 14.8 Å². The Labute approximate surface area is 124 Å². The second-order valence-electron chi connectivity index (χ2n) is 5.79. The third-order valence-corrected chi connectivity index (χ3v) is 3.56. The third-order valence-electron chi connectivity index (χ3n) is 3.25. The zero-order chi connectivity index (χ0) is 14.8. The van der Waals surface area contributed by atoms with E-state index in [1.807, 2.05) is 10.6 Å². The van der Waals surface area contributed by atoms with Crippen molar-refractivity contribution in [3.8, 4) is 11.4 Å². The van der Waals surface area contributed by atoms with Gasteiger partial charge < -0.3 is 4.74 Å². The first kappa shape index (κ1) is 14.9. The highest BCUT2D eigenvalue weighted by atomic mass is 32.1. The lowest BCUT2D eigenvalue weighted by atomic mass is 9.83. The molecule has 1 aromatic heterocycles. The molecule has 0 saturated heterocycles. The maximum Gasteiger partial charge on any atom is 0.195 e. The predicted octanol–water partition coefficient (Wildman–Crippen LogP) is 3.55. The van der Waals surface area contributed by atoms with Crippen molar-refractivity contribution in [2.24, 2.45) is 0 Å². The smallest absolute Gasteiger partial charge is 0.195 e. The minimum absolute atomic E-state index is 0.0518. The van der Waals surface area contributed by atoms with Gasteiger partial charge in [0.05, 0.1) is 13.2 Å². The Kier molecular flexibility index (Phi) is 4.40. The lowest BCUT2D eigenvalue weighted by Crippen LogP contribution is -2.14. The lowest BCUT2D eigenvalue weighted by molar-refractivity contribution is 0.187. The number of nitrogens with zero attached hydrogens (tertiary/aromatic N) is 2. The normalized spacial score (nSPS) is 11.8. The molecule has 0 saturated carbocycles.